The Hall–Kier alpha value is -0.240. The third-order valence-electron chi connectivity index (χ3n) is 3.36. The lowest BCUT2D eigenvalue weighted by atomic mass is 9.79. The summed E-state index contributed by atoms with van der Waals surface area (Å²) in [7, 11) is 0. The zero-order chi connectivity index (χ0) is 10.9. The van der Waals surface area contributed by atoms with Crippen molar-refractivity contribution in [2.45, 2.75) is 31.1 Å². The molecule has 0 radical (unpaired) electrons. The van der Waals surface area contributed by atoms with Gasteiger partial charge in [0.1, 0.15) is 0 Å². The van der Waals surface area contributed by atoms with Gasteiger partial charge in [-0.1, -0.05) is 42.1 Å². The van der Waals surface area contributed by atoms with Crippen molar-refractivity contribution in [1.82, 2.24) is 0 Å². The molecule has 1 aromatic rings. The Morgan fingerprint density at radius 1 is 1.13 bits per heavy atom. The summed E-state index contributed by atoms with van der Waals surface area (Å²) < 4.78 is 0. The van der Waals surface area contributed by atoms with Gasteiger partial charge in [-0.25, -0.2) is 0 Å². The van der Waals surface area contributed by atoms with Crippen molar-refractivity contribution in [2.24, 2.45) is 0 Å². The van der Waals surface area contributed by atoms with E-state index in [9.17, 15) is 5.11 Å². The van der Waals surface area contributed by atoms with E-state index in [-0.39, 0.29) is 12.0 Å². The number of benzene rings is 1. The van der Waals surface area contributed by atoms with Crippen LogP contribution in [0.25, 0.3) is 0 Å². The molecule has 0 aliphatic heterocycles. The summed E-state index contributed by atoms with van der Waals surface area (Å²) in [6.45, 7) is 0.135. The number of rotatable bonds is 2. The van der Waals surface area contributed by atoms with Crippen LogP contribution in [-0.2, 0) is 5.41 Å². The predicted molar refractivity (Wildman–Crippen MR) is 63.7 cm³/mol. The molecule has 1 saturated carbocycles. The second-order valence-electron chi connectivity index (χ2n) is 4.24. The van der Waals surface area contributed by atoms with E-state index < -0.39 is 0 Å². The first-order valence-electron chi connectivity index (χ1n) is 5.25. The average Bonchev–Trinajstić information content (AvgIpc) is 2.67. The van der Waals surface area contributed by atoms with E-state index in [2.05, 4.69) is 0 Å². The van der Waals surface area contributed by atoms with Crippen LogP contribution in [-0.4, -0.2) is 11.7 Å². The lowest BCUT2D eigenvalue weighted by molar-refractivity contribution is 0.196. The SMILES string of the molecule is OCC1(c2c(Cl)cccc2Cl)CCCC1. The topological polar surface area (TPSA) is 20.2 Å². The average molecular weight is 245 g/mol. The summed E-state index contributed by atoms with van der Waals surface area (Å²) in [4.78, 5) is 0. The molecule has 0 amide bonds. The van der Waals surface area contributed by atoms with Gasteiger partial charge >= 0.3 is 0 Å². The van der Waals surface area contributed by atoms with Crippen LogP contribution in [0.2, 0.25) is 10.0 Å². The van der Waals surface area contributed by atoms with Crippen molar-refractivity contribution < 1.29 is 5.11 Å². The van der Waals surface area contributed by atoms with Gasteiger partial charge in [-0.2, -0.15) is 0 Å². The van der Waals surface area contributed by atoms with Crippen LogP contribution in [0, 0.1) is 0 Å². The molecule has 15 heavy (non-hydrogen) atoms. The fourth-order valence-electron chi connectivity index (χ4n) is 2.54. The summed E-state index contributed by atoms with van der Waals surface area (Å²) in [6.07, 6.45) is 4.24. The molecule has 0 heterocycles. The maximum atomic E-state index is 9.60. The molecule has 1 nitrogen and oxygen atoms in total. The first-order chi connectivity index (χ1) is 7.19. The molecule has 82 valence electrons. The van der Waals surface area contributed by atoms with E-state index >= 15 is 0 Å². The maximum absolute atomic E-state index is 9.60. The van der Waals surface area contributed by atoms with Gasteiger partial charge in [-0.3, -0.25) is 0 Å². The molecule has 1 N–H and O–H groups in total. The van der Waals surface area contributed by atoms with Crippen LogP contribution in [0.3, 0.4) is 0 Å². The van der Waals surface area contributed by atoms with Gasteiger partial charge in [-0.15, -0.1) is 0 Å². The van der Waals surface area contributed by atoms with Gasteiger partial charge in [0, 0.05) is 15.5 Å². The van der Waals surface area contributed by atoms with Crippen LogP contribution < -0.4 is 0 Å². The highest BCUT2D eigenvalue weighted by Crippen LogP contribution is 2.46. The van der Waals surface area contributed by atoms with Gasteiger partial charge in [-0.05, 0) is 30.5 Å². The maximum Gasteiger partial charge on any atom is 0.0529 e. The van der Waals surface area contributed by atoms with E-state index in [0.29, 0.717) is 10.0 Å². The summed E-state index contributed by atoms with van der Waals surface area (Å²) in [5.41, 5.74) is 0.739. The molecule has 2 rings (SSSR count). The van der Waals surface area contributed by atoms with Crippen molar-refractivity contribution in [3.63, 3.8) is 0 Å². The molecular formula is C12H14Cl2O. The quantitative estimate of drug-likeness (QED) is 0.840. The first kappa shape index (κ1) is 11.3. The number of halogens is 2. The highest BCUT2D eigenvalue weighted by atomic mass is 35.5. The number of hydrogen-bond acceptors (Lipinski definition) is 1. The Balaban J connectivity index is 2.51. The second kappa shape index (κ2) is 4.32. The molecule has 1 aliphatic rings. The van der Waals surface area contributed by atoms with E-state index in [0.717, 1.165) is 31.2 Å². The highest BCUT2D eigenvalue weighted by molar-refractivity contribution is 6.36. The molecular weight excluding hydrogens is 231 g/mol. The number of hydrogen-bond donors (Lipinski definition) is 1. The Bertz CT molecular complexity index is 336. The zero-order valence-corrected chi connectivity index (χ0v) is 9.98. The smallest absolute Gasteiger partial charge is 0.0529 e. The molecule has 1 aliphatic carbocycles. The Morgan fingerprint density at radius 3 is 2.13 bits per heavy atom. The third-order valence-corrected chi connectivity index (χ3v) is 3.99. The van der Waals surface area contributed by atoms with Crippen molar-refractivity contribution in [3.8, 4) is 0 Å². The molecule has 0 bridgehead atoms. The van der Waals surface area contributed by atoms with Gasteiger partial charge in [0.15, 0.2) is 0 Å². The first-order valence-corrected chi connectivity index (χ1v) is 6.00. The van der Waals surface area contributed by atoms with Gasteiger partial charge in [0.05, 0.1) is 6.61 Å². The van der Waals surface area contributed by atoms with Crippen LogP contribution in [0.15, 0.2) is 18.2 Å². The number of aliphatic hydroxyl groups is 1. The lowest BCUT2D eigenvalue weighted by Gasteiger charge is -2.29. The predicted octanol–water partition coefficient (Wildman–Crippen LogP) is 3.80. The van der Waals surface area contributed by atoms with Crippen LogP contribution in [0.4, 0.5) is 0 Å². The molecule has 3 heteroatoms. The van der Waals surface area contributed by atoms with Gasteiger partial charge in [0.2, 0.25) is 0 Å². The summed E-state index contributed by atoms with van der Waals surface area (Å²) in [5.74, 6) is 0. The Labute approximate surface area is 100 Å². The normalized spacial score (nSPS) is 19.4. The van der Waals surface area contributed by atoms with Crippen molar-refractivity contribution in [1.29, 1.82) is 0 Å². The third kappa shape index (κ3) is 1.89. The minimum atomic E-state index is -0.199. The lowest BCUT2D eigenvalue weighted by Crippen LogP contribution is -2.27. The minimum Gasteiger partial charge on any atom is -0.395 e. The van der Waals surface area contributed by atoms with Crippen molar-refractivity contribution in [2.75, 3.05) is 6.61 Å². The molecule has 0 aromatic heterocycles. The molecule has 0 saturated heterocycles. The molecule has 1 aromatic carbocycles. The van der Waals surface area contributed by atoms with E-state index in [1.165, 1.54) is 0 Å². The van der Waals surface area contributed by atoms with Gasteiger partial charge < -0.3 is 5.11 Å². The second-order valence-corrected chi connectivity index (χ2v) is 5.06. The Morgan fingerprint density at radius 2 is 1.67 bits per heavy atom. The summed E-state index contributed by atoms with van der Waals surface area (Å²) >= 11 is 12.4. The fraction of sp³-hybridized carbons (Fsp3) is 0.500. The van der Waals surface area contributed by atoms with Crippen LogP contribution >= 0.6 is 23.2 Å². The Kier molecular flexibility index (Phi) is 3.24. The molecule has 0 atom stereocenters. The van der Waals surface area contributed by atoms with E-state index in [1.807, 2.05) is 18.2 Å². The standard InChI is InChI=1S/C12H14Cl2O/c13-9-4-3-5-10(14)11(9)12(8-15)6-1-2-7-12/h3-5,15H,1-2,6-8H2. The molecule has 0 unspecified atom stereocenters. The van der Waals surface area contributed by atoms with Crippen LogP contribution in [0.1, 0.15) is 31.2 Å². The summed E-state index contributed by atoms with van der Waals surface area (Å²) in [5, 5.41) is 11.0. The molecule has 0 spiro atoms. The van der Waals surface area contributed by atoms with Crippen molar-refractivity contribution in [3.05, 3.63) is 33.8 Å². The van der Waals surface area contributed by atoms with E-state index in [1.54, 1.807) is 0 Å². The summed E-state index contributed by atoms with van der Waals surface area (Å²) in [6, 6.07) is 5.53. The van der Waals surface area contributed by atoms with Crippen molar-refractivity contribution >= 4 is 23.2 Å². The van der Waals surface area contributed by atoms with Gasteiger partial charge in [0.25, 0.3) is 0 Å². The zero-order valence-electron chi connectivity index (χ0n) is 8.47. The fourth-order valence-corrected chi connectivity index (χ4v) is 3.34. The monoisotopic (exact) mass is 244 g/mol. The minimum absolute atomic E-state index is 0.135. The highest BCUT2D eigenvalue weighted by Gasteiger charge is 2.37. The largest absolute Gasteiger partial charge is 0.395 e. The molecule has 1 fully saturated rings. The van der Waals surface area contributed by atoms with Crippen LogP contribution in [0.5, 0.6) is 0 Å². The van der Waals surface area contributed by atoms with E-state index in [4.69, 9.17) is 23.2 Å². The number of aliphatic hydroxyl groups excluding tert-OH is 1.